The van der Waals surface area contributed by atoms with Crippen LogP contribution in [0.3, 0.4) is 0 Å². The van der Waals surface area contributed by atoms with Gasteiger partial charge < -0.3 is 9.38 Å². The molecule has 0 atom stereocenters. The van der Waals surface area contributed by atoms with E-state index in [-0.39, 0.29) is 0 Å². The highest BCUT2D eigenvalue weighted by molar-refractivity contribution is 7.71. The van der Waals surface area contributed by atoms with Crippen LogP contribution in [0.2, 0.25) is 0 Å². The zero-order valence-corrected chi connectivity index (χ0v) is 8.06. The molecule has 2 heterocycles. The second-order valence-corrected chi connectivity index (χ2v) is 2.59. The van der Waals surface area contributed by atoms with Crippen molar-refractivity contribution in [1.82, 2.24) is 9.38 Å². The summed E-state index contributed by atoms with van der Waals surface area (Å²) in [5.41, 5.74) is 1.03. The fraction of sp³-hybridized carbons (Fsp3) is 0.222. The van der Waals surface area contributed by atoms with Crippen molar-refractivity contribution in [3.05, 3.63) is 35.2 Å². The SMILES string of the molecule is CC.S=c1ccn2cc[nH]c2c1. The van der Waals surface area contributed by atoms with Gasteiger partial charge in [-0.1, -0.05) is 26.1 Å². The molecule has 0 aliphatic rings. The fourth-order valence-corrected chi connectivity index (χ4v) is 1.11. The first-order valence-electron chi connectivity index (χ1n) is 4.02. The molecule has 0 aliphatic heterocycles. The number of aromatic amines is 1. The van der Waals surface area contributed by atoms with Crippen molar-refractivity contribution < 1.29 is 0 Å². The van der Waals surface area contributed by atoms with Crippen molar-refractivity contribution >= 4 is 17.9 Å². The number of pyridine rings is 1. The summed E-state index contributed by atoms with van der Waals surface area (Å²) in [6.45, 7) is 4.00. The summed E-state index contributed by atoms with van der Waals surface area (Å²) in [7, 11) is 0. The molecule has 0 saturated heterocycles. The molecule has 0 amide bonds. The van der Waals surface area contributed by atoms with E-state index in [1.54, 1.807) is 0 Å². The molecule has 0 spiro atoms. The summed E-state index contributed by atoms with van der Waals surface area (Å²) in [5, 5.41) is 0. The van der Waals surface area contributed by atoms with Crippen LogP contribution >= 0.6 is 12.2 Å². The number of rotatable bonds is 0. The average Bonchev–Trinajstić information content (AvgIpc) is 2.54. The lowest BCUT2D eigenvalue weighted by Gasteiger charge is -1.88. The Bertz CT molecular complexity index is 400. The third kappa shape index (κ3) is 1.74. The summed E-state index contributed by atoms with van der Waals surface area (Å²) >= 11 is 4.97. The predicted octanol–water partition coefficient (Wildman–Crippen LogP) is 3.02. The second-order valence-electron chi connectivity index (χ2n) is 2.12. The Kier molecular flexibility index (Phi) is 3.05. The first-order valence-corrected chi connectivity index (χ1v) is 4.42. The van der Waals surface area contributed by atoms with E-state index in [0.717, 1.165) is 10.2 Å². The minimum absolute atomic E-state index is 0.863. The van der Waals surface area contributed by atoms with Crippen LogP contribution < -0.4 is 0 Å². The van der Waals surface area contributed by atoms with Crippen LogP contribution in [0.5, 0.6) is 0 Å². The standard InChI is InChI=1S/C7H6N2S.C2H6/c10-6-1-3-9-4-2-8-7(9)5-6;1-2/h1-5,8H;1-2H3. The van der Waals surface area contributed by atoms with E-state index >= 15 is 0 Å². The van der Waals surface area contributed by atoms with Gasteiger partial charge in [-0.05, 0) is 12.1 Å². The van der Waals surface area contributed by atoms with Crippen LogP contribution in [-0.2, 0) is 0 Å². The Morgan fingerprint density at radius 1 is 1.33 bits per heavy atom. The molecule has 64 valence electrons. The number of aromatic nitrogens is 2. The molecule has 0 aromatic carbocycles. The first-order chi connectivity index (χ1) is 5.86. The summed E-state index contributed by atoms with van der Waals surface area (Å²) in [6.07, 6.45) is 5.77. The predicted molar refractivity (Wildman–Crippen MR) is 53.9 cm³/mol. The third-order valence-corrected chi connectivity index (χ3v) is 1.68. The van der Waals surface area contributed by atoms with Gasteiger partial charge in [0.2, 0.25) is 0 Å². The lowest BCUT2D eigenvalue weighted by molar-refractivity contribution is 1.18. The summed E-state index contributed by atoms with van der Waals surface area (Å²) in [5.74, 6) is 0. The molecule has 3 heteroatoms. The highest BCUT2D eigenvalue weighted by Crippen LogP contribution is 1.99. The molecule has 0 bridgehead atoms. The molecule has 2 aromatic rings. The molecule has 2 aromatic heterocycles. The number of hydrogen-bond donors (Lipinski definition) is 1. The molecule has 0 fully saturated rings. The summed E-state index contributed by atoms with van der Waals surface area (Å²) in [6, 6.07) is 3.82. The van der Waals surface area contributed by atoms with E-state index in [0.29, 0.717) is 0 Å². The van der Waals surface area contributed by atoms with Gasteiger partial charge in [-0.2, -0.15) is 0 Å². The van der Waals surface area contributed by atoms with Crippen molar-refractivity contribution in [2.75, 3.05) is 0 Å². The van der Waals surface area contributed by atoms with E-state index < -0.39 is 0 Å². The maximum absolute atomic E-state index is 4.97. The van der Waals surface area contributed by atoms with Crippen molar-refractivity contribution in [2.45, 2.75) is 13.8 Å². The van der Waals surface area contributed by atoms with Crippen molar-refractivity contribution in [3.8, 4) is 0 Å². The molecule has 0 saturated carbocycles. The van der Waals surface area contributed by atoms with E-state index in [1.165, 1.54) is 0 Å². The van der Waals surface area contributed by atoms with Gasteiger partial charge >= 0.3 is 0 Å². The zero-order valence-electron chi connectivity index (χ0n) is 7.24. The fourth-order valence-electron chi connectivity index (χ4n) is 0.941. The van der Waals surface area contributed by atoms with Gasteiger partial charge in [0.1, 0.15) is 5.65 Å². The average molecular weight is 180 g/mol. The van der Waals surface area contributed by atoms with E-state index in [2.05, 4.69) is 4.98 Å². The van der Waals surface area contributed by atoms with Gasteiger partial charge in [-0.25, -0.2) is 0 Å². The van der Waals surface area contributed by atoms with Gasteiger partial charge in [0.05, 0.1) is 0 Å². The van der Waals surface area contributed by atoms with Crippen molar-refractivity contribution in [2.24, 2.45) is 0 Å². The lowest BCUT2D eigenvalue weighted by atomic mass is 10.5. The van der Waals surface area contributed by atoms with Crippen molar-refractivity contribution in [1.29, 1.82) is 0 Å². The third-order valence-electron chi connectivity index (χ3n) is 1.42. The number of imidazole rings is 1. The van der Waals surface area contributed by atoms with Crippen LogP contribution in [0, 0.1) is 4.51 Å². The Labute approximate surface area is 76.9 Å². The van der Waals surface area contributed by atoms with Gasteiger partial charge in [-0.15, -0.1) is 0 Å². The monoisotopic (exact) mass is 180 g/mol. The van der Waals surface area contributed by atoms with Crippen LogP contribution in [-0.4, -0.2) is 9.38 Å². The maximum Gasteiger partial charge on any atom is 0.115 e. The molecule has 2 rings (SSSR count). The lowest BCUT2D eigenvalue weighted by Crippen LogP contribution is -1.79. The minimum Gasteiger partial charge on any atom is -0.346 e. The van der Waals surface area contributed by atoms with Crippen LogP contribution in [0.25, 0.3) is 5.65 Å². The number of nitrogens with one attached hydrogen (secondary N) is 1. The molecule has 0 aliphatic carbocycles. The smallest absolute Gasteiger partial charge is 0.115 e. The number of H-pyrrole nitrogens is 1. The topological polar surface area (TPSA) is 20.2 Å². The van der Waals surface area contributed by atoms with Crippen LogP contribution in [0.1, 0.15) is 13.8 Å². The summed E-state index contributed by atoms with van der Waals surface area (Å²) in [4.78, 5) is 3.06. The first kappa shape index (κ1) is 9.00. The van der Waals surface area contributed by atoms with E-state index in [1.807, 2.05) is 49.0 Å². The van der Waals surface area contributed by atoms with E-state index in [9.17, 15) is 0 Å². The zero-order chi connectivity index (χ0) is 8.97. The maximum atomic E-state index is 4.97. The normalized spacial score (nSPS) is 9.17. The molecule has 0 unspecified atom stereocenters. The molecular formula is C9H12N2S. The number of hydrogen-bond acceptors (Lipinski definition) is 1. The Hall–Kier alpha value is -1.09. The van der Waals surface area contributed by atoms with Crippen molar-refractivity contribution in [3.63, 3.8) is 0 Å². The molecular weight excluding hydrogens is 168 g/mol. The van der Waals surface area contributed by atoms with Gasteiger partial charge in [0.15, 0.2) is 0 Å². The molecule has 0 radical (unpaired) electrons. The number of fused-ring (bicyclic) bond motifs is 1. The summed E-state index contributed by atoms with van der Waals surface area (Å²) < 4.78 is 2.85. The highest BCUT2D eigenvalue weighted by Gasteiger charge is 1.86. The Morgan fingerprint density at radius 3 is 2.83 bits per heavy atom. The molecule has 1 N–H and O–H groups in total. The van der Waals surface area contributed by atoms with Crippen LogP contribution in [0.4, 0.5) is 0 Å². The van der Waals surface area contributed by atoms with Crippen LogP contribution in [0.15, 0.2) is 30.7 Å². The van der Waals surface area contributed by atoms with E-state index in [4.69, 9.17) is 12.2 Å². The largest absolute Gasteiger partial charge is 0.346 e. The van der Waals surface area contributed by atoms with Gasteiger partial charge in [0, 0.05) is 23.1 Å². The Balaban J connectivity index is 0.000000336. The Morgan fingerprint density at radius 2 is 2.08 bits per heavy atom. The minimum atomic E-state index is 0.863. The molecule has 12 heavy (non-hydrogen) atoms. The number of nitrogens with zero attached hydrogens (tertiary/aromatic N) is 1. The quantitative estimate of drug-likeness (QED) is 0.618. The molecule has 2 nitrogen and oxygen atoms in total. The second kappa shape index (κ2) is 4.07. The van der Waals surface area contributed by atoms with Gasteiger partial charge in [0.25, 0.3) is 0 Å². The highest BCUT2D eigenvalue weighted by atomic mass is 32.1. The van der Waals surface area contributed by atoms with Gasteiger partial charge in [-0.3, -0.25) is 0 Å².